The molecular formula is C20H25N5O2. The van der Waals surface area contributed by atoms with Crippen LogP contribution in [-0.4, -0.2) is 77.3 Å². The van der Waals surface area contributed by atoms with Crippen molar-refractivity contribution >= 4 is 17.5 Å². The lowest BCUT2D eigenvalue weighted by atomic mass is 10.2. The smallest absolute Gasteiger partial charge is 0.270 e. The second-order valence-corrected chi connectivity index (χ2v) is 7.18. The molecule has 0 spiro atoms. The van der Waals surface area contributed by atoms with Crippen LogP contribution in [0.25, 0.3) is 0 Å². The number of amides is 1. The van der Waals surface area contributed by atoms with E-state index in [9.17, 15) is 9.59 Å². The largest absolute Gasteiger partial charge is 0.356 e. The Labute approximate surface area is 159 Å². The van der Waals surface area contributed by atoms with E-state index < -0.39 is 0 Å². The second kappa shape index (κ2) is 7.92. The maximum atomic E-state index is 12.6. The molecule has 2 aromatic rings. The van der Waals surface area contributed by atoms with Gasteiger partial charge in [0.1, 0.15) is 11.5 Å². The topological polar surface area (TPSA) is 72.5 Å². The first-order chi connectivity index (χ1) is 13.2. The maximum absolute atomic E-state index is 12.6. The average Bonchev–Trinajstić information content (AvgIpc) is 3.41. The highest BCUT2D eigenvalue weighted by Gasteiger charge is 2.23. The van der Waals surface area contributed by atoms with Crippen LogP contribution in [0.15, 0.2) is 36.7 Å². The summed E-state index contributed by atoms with van der Waals surface area (Å²) in [5.41, 5.74) is 1.10. The van der Waals surface area contributed by atoms with Crippen LogP contribution in [0, 0.1) is 0 Å². The number of ketones is 1. The first kappa shape index (κ1) is 17.7. The van der Waals surface area contributed by atoms with E-state index in [0.29, 0.717) is 17.8 Å². The molecule has 2 aromatic heterocycles. The van der Waals surface area contributed by atoms with Gasteiger partial charge in [-0.3, -0.25) is 14.5 Å². The van der Waals surface area contributed by atoms with Gasteiger partial charge in [0, 0.05) is 57.2 Å². The third kappa shape index (κ3) is 4.03. The first-order valence-electron chi connectivity index (χ1n) is 9.60. The number of pyridine rings is 1. The fourth-order valence-electron chi connectivity index (χ4n) is 3.74. The summed E-state index contributed by atoms with van der Waals surface area (Å²) >= 11 is 0. The number of H-pyrrole nitrogens is 1. The number of rotatable bonds is 5. The lowest BCUT2D eigenvalue weighted by molar-refractivity contribution is 0.0787. The summed E-state index contributed by atoms with van der Waals surface area (Å²) in [6.45, 7) is 5.36. The number of nitrogens with zero attached hydrogens (tertiary/aromatic N) is 4. The molecule has 0 bridgehead atoms. The van der Waals surface area contributed by atoms with E-state index in [4.69, 9.17) is 0 Å². The molecule has 0 radical (unpaired) electrons. The van der Waals surface area contributed by atoms with E-state index in [1.54, 1.807) is 18.5 Å². The van der Waals surface area contributed by atoms with Gasteiger partial charge in [-0.25, -0.2) is 4.98 Å². The number of hydrogen-bond acceptors (Lipinski definition) is 5. The lowest BCUT2D eigenvalue weighted by Crippen LogP contribution is -2.48. The molecule has 0 aromatic carbocycles. The van der Waals surface area contributed by atoms with E-state index in [2.05, 4.69) is 19.8 Å². The highest BCUT2D eigenvalue weighted by molar-refractivity contribution is 6.01. The van der Waals surface area contributed by atoms with Crippen molar-refractivity contribution < 1.29 is 9.59 Å². The minimum atomic E-state index is -0.00414. The summed E-state index contributed by atoms with van der Waals surface area (Å²) in [6, 6.07) is 7.62. The van der Waals surface area contributed by atoms with Crippen LogP contribution < -0.4 is 4.90 Å². The zero-order chi connectivity index (χ0) is 18.6. The number of carbonyl (C=O) groups excluding carboxylic acids is 2. The number of carbonyl (C=O) groups is 2. The first-order valence-corrected chi connectivity index (χ1v) is 9.60. The fraction of sp³-hybridized carbons (Fsp3) is 0.450. The van der Waals surface area contributed by atoms with Crippen LogP contribution in [0.5, 0.6) is 0 Å². The van der Waals surface area contributed by atoms with Gasteiger partial charge in [0.2, 0.25) is 0 Å². The number of nitrogens with one attached hydrogen (secondary N) is 1. The van der Waals surface area contributed by atoms with Crippen molar-refractivity contribution in [2.75, 3.05) is 50.7 Å². The number of anilines is 1. The van der Waals surface area contributed by atoms with Crippen LogP contribution in [0.3, 0.4) is 0 Å². The van der Waals surface area contributed by atoms with Crippen LogP contribution in [0.1, 0.15) is 33.7 Å². The van der Waals surface area contributed by atoms with Crippen molar-refractivity contribution in [2.45, 2.75) is 12.8 Å². The van der Waals surface area contributed by atoms with Crippen molar-refractivity contribution in [3.05, 3.63) is 47.9 Å². The zero-order valence-electron chi connectivity index (χ0n) is 15.4. The standard InChI is InChI=1S/C20H25N5O2/c26-18(16-13-17(22-14-16)20(27)25-7-3-4-8-25)15-23-9-11-24(12-10-23)19-5-1-2-6-21-19/h1-2,5-6,13-14,22H,3-4,7-12,15H2. The Morgan fingerprint density at radius 1 is 1.04 bits per heavy atom. The molecule has 27 heavy (non-hydrogen) atoms. The maximum Gasteiger partial charge on any atom is 0.270 e. The summed E-state index contributed by atoms with van der Waals surface area (Å²) < 4.78 is 0. The molecule has 2 aliphatic heterocycles. The van der Waals surface area contributed by atoms with Crippen molar-refractivity contribution in [1.82, 2.24) is 19.8 Å². The number of piperazine rings is 1. The summed E-state index contributed by atoms with van der Waals surface area (Å²) in [5.74, 6) is 1.03. The van der Waals surface area contributed by atoms with E-state index in [1.807, 2.05) is 23.1 Å². The van der Waals surface area contributed by atoms with Crippen molar-refractivity contribution in [2.24, 2.45) is 0 Å². The van der Waals surface area contributed by atoms with Gasteiger partial charge in [0.15, 0.2) is 5.78 Å². The third-order valence-corrected chi connectivity index (χ3v) is 5.34. The molecule has 2 fully saturated rings. The molecule has 1 amide bonds. The molecule has 1 N–H and O–H groups in total. The minimum Gasteiger partial charge on any atom is -0.356 e. The number of aromatic nitrogens is 2. The fourth-order valence-corrected chi connectivity index (χ4v) is 3.74. The molecule has 0 saturated carbocycles. The predicted molar refractivity (Wildman–Crippen MR) is 103 cm³/mol. The van der Waals surface area contributed by atoms with Crippen LogP contribution in [-0.2, 0) is 0 Å². The molecule has 7 heteroatoms. The van der Waals surface area contributed by atoms with Crippen LogP contribution in [0.2, 0.25) is 0 Å². The Hall–Kier alpha value is -2.67. The number of Topliss-reactive ketones (excluding diaryl/α,β-unsaturated/α-hetero) is 1. The quantitative estimate of drug-likeness (QED) is 0.814. The molecule has 0 unspecified atom stereocenters. The van der Waals surface area contributed by atoms with Crippen molar-refractivity contribution in [3.63, 3.8) is 0 Å². The zero-order valence-corrected chi connectivity index (χ0v) is 15.4. The van der Waals surface area contributed by atoms with E-state index in [-0.39, 0.29) is 11.7 Å². The third-order valence-electron chi connectivity index (χ3n) is 5.34. The highest BCUT2D eigenvalue weighted by Crippen LogP contribution is 2.15. The van der Waals surface area contributed by atoms with Crippen LogP contribution in [0.4, 0.5) is 5.82 Å². The molecule has 2 saturated heterocycles. The minimum absolute atomic E-state index is 0.00414. The molecule has 2 aliphatic rings. The summed E-state index contributed by atoms with van der Waals surface area (Å²) in [6.07, 6.45) is 5.58. The van der Waals surface area contributed by atoms with E-state index in [1.165, 1.54) is 0 Å². The highest BCUT2D eigenvalue weighted by atomic mass is 16.2. The Kier molecular flexibility index (Phi) is 5.20. The van der Waals surface area contributed by atoms with Gasteiger partial charge in [0.25, 0.3) is 5.91 Å². The Morgan fingerprint density at radius 3 is 2.52 bits per heavy atom. The summed E-state index contributed by atoms with van der Waals surface area (Å²) in [7, 11) is 0. The molecular weight excluding hydrogens is 342 g/mol. The van der Waals surface area contributed by atoms with Gasteiger partial charge in [-0.2, -0.15) is 0 Å². The predicted octanol–water partition coefficient (Wildman–Crippen LogP) is 1.65. The molecule has 0 atom stereocenters. The van der Waals surface area contributed by atoms with Gasteiger partial charge in [-0.05, 0) is 31.0 Å². The molecule has 0 aliphatic carbocycles. The molecule has 7 nitrogen and oxygen atoms in total. The average molecular weight is 367 g/mol. The van der Waals surface area contributed by atoms with E-state index >= 15 is 0 Å². The Balaban J connectivity index is 1.30. The van der Waals surface area contributed by atoms with Gasteiger partial charge in [-0.1, -0.05) is 6.07 Å². The van der Waals surface area contributed by atoms with E-state index in [0.717, 1.165) is 57.9 Å². The molecule has 4 heterocycles. The number of likely N-dealkylation sites (tertiary alicyclic amines) is 1. The number of hydrogen-bond donors (Lipinski definition) is 1. The van der Waals surface area contributed by atoms with Gasteiger partial charge in [-0.15, -0.1) is 0 Å². The second-order valence-electron chi connectivity index (χ2n) is 7.18. The summed E-state index contributed by atoms with van der Waals surface area (Å²) in [4.78, 5) is 38.6. The van der Waals surface area contributed by atoms with Gasteiger partial charge in [0.05, 0.1) is 6.54 Å². The van der Waals surface area contributed by atoms with Crippen LogP contribution >= 0.6 is 0 Å². The SMILES string of the molecule is O=C(CN1CCN(c2ccccn2)CC1)c1c[nH]c(C(=O)N2CCCC2)c1. The number of aromatic amines is 1. The normalized spacial score (nSPS) is 18.1. The Morgan fingerprint density at radius 2 is 1.81 bits per heavy atom. The summed E-state index contributed by atoms with van der Waals surface area (Å²) in [5, 5.41) is 0. The van der Waals surface area contributed by atoms with Gasteiger partial charge >= 0.3 is 0 Å². The molecule has 142 valence electrons. The van der Waals surface area contributed by atoms with Crippen molar-refractivity contribution in [1.29, 1.82) is 0 Å². The lowest BCUT2D eigenvalue weighted by Gasteiger charge is -2.34. The van der Waals surface area contributed by atoms with Crippen molar-refractivity contribution in [3.8, 4) is 0 Å². The molecule has 4 rings (SSSR count). The van der Waals surface area contributed by atoms with Gasteiger partial charge < -0.3 is 14.8 Å². The Bertz CT molecular complexity index is 790. The monoisotopic (exact) mass is 367 g/mol.